The van der Waals surface area contributed by atoms with Gasteiger partial charge in [-0.15, -0.1) is 0 Å². The van der Waals surface area contributed by atoms with Gasteiger partial charge < -0.3 is 15.0 Å². The van der Waals surface area contributed by atoms with Crippen LogP contribution in [0, 0.1) is 6.92 Å². The second-order valence-electron chi connectivity index (χ2n) is 8.91. The van der Waals surface area contributed by atoms with Gasteiger partial charge in [-0.2, -0.15) is 0 Å². The SMILES string of the molecule is CNC(=O)C(Cc1ccccc1)N(Cc1ccc(C)cc1)C(=O)CN(c1cc(Cl)ccc1OC)S(C)(=O)=O. The number of ether oxygens (including phenoxy) is 1. The summed E-state index contributed by atoms with van der Waals surface area (Å²) in [5, 5.41) is 2.94. The van der Waals surface area contributed by atoms with Crippen LogP contribution >= 0.6 is 11.6 Å². The number of carbonyl (C=O) groups excluding carboxylic acids is 2. The van der Waals surface area contributed by atoms with Crippen LogP contribution in [0.5, 0.6) is 5.75 Å². The second-order valence-corrected chi connectivity index (χ2v) is 11.3. The lowest BCUT2D eigenvalue weighted by Crippen LogP contribution is -2.52. The number of rotatable bonds is 11. The lowest BCUT2D eigenvalue weighted by molar-refractivity contribution is -0.139. The Morgan fingerprint density at radius 1 is 1.00 bits per heavy atom. The van der Waals surface area contributed by atoms with Crippen LogP contribution in [0.1, 0.15) is 16.7 Å². The molecule has 0 bridgehead atoms. The van der Waals surface area contributed by atoms with E-state index in [1.807, 2.05) is 61.5 Å². The maximum Gasteiger partial charge on any atom is 0.244 e. The molecule has 3 aromatic carbocycles. The van der Waals surface area contributed by atoms with Crippen molar-refractivity contribution in [2.45, 2.75) is 25.9 Å². The van der Waals surface area contributed by atoms with Crippen molar-refractivity contribution in [1.29, 1.82) is 0 Å². The van der Waals surface area contributed by atoms with Gasteiger partial charge in [0.15, 0.2) is 0 Å². The minimum Gasteiger partial charge on any atom is -0.495 e. The molecule has 0 aliphatic rings. The monoisotopic (exact) mass is 557 g/mol. The molecule has 0 saturated carbocycles. The number of benzene rings is 3. The maximum absolute atomic E-state index is 13.9. The van der Waals surface area contributed by atoms with Crippen molar-refractivity contribution >= 4 is 39.1 Å². The first kappa shape index (κ1) is 29.0. The van der Waals surface area contributed by atoms with Gasteiger partial charge in [0.2, 0.25) is 21.8 Å². The molecule has 0 aliphatic carbocycles. The van der Waals surface area contributed by atoms with E-state index in [0.29, 0.717) is 0 Å². The number of hydrogen-bond donors (Lipinski definition) is 1. The minimum absolute atomic E-state index is 0.105. The van der Waals surface area contributed by atoms with Crippen molar-refractivity contribution in [2.75, 3.05) is 31.3 Å². The van der Waals surface area contributed by atoms with Crippen LogP contribution in [-0.4, -0.2) is 58.1 Å². The second kappa shape index (κ2) is 12.8. The van der Waals surface area contributed by atoms with E-state index in [9.17, 15) is 18.0 Å². The quantitative estimate of drug-likeness (QED) is 0.387. The summed E-state index contributed by atoms with van der Waals surface area (Å²) in [6.45, 7) is 1.51. The number of sulfonamides is 1. The minimum atomic E-state index is -3.94. The van der Waals surface area contributed by atoms with Gasteiger partial charge in [0, 0.05) is 25.0 Å². The molecule has 8 nitrogen and oxygen atoms in total. The van der Waals surface area contributed by atoms with E-state index in [-0.39, 0.29) is 35.3 Å². The van der Waals surface area contributed by atoms with Gasteiger partial charge in [-0.1, -0.05) is 71.8 Å². The normalized spacial score (nSPS) is 11.9. The van der Waals surface area contributed by atoms with E-state index in [2.05, 4.69) is 5.32 Å². The van der Waals surface area contributed by atoms with E-state index < -0.39 is 28.5 Å². The van der Waals surface area contributed by atoms with Crippen LogP contribution in [0.2, 0.25) is 5.02 Å². The molecule has 1 N–H and O–H groups in total. The Balaban J connectivity index is 2.06. The average Bonchev–Trinajstić information content (AvgIpc) is 2.89. The van der Waals surface area contributed by atoms with E-state index in [4.69, 9.17) is 16.3 Å². The highest BCUT2D eigenvalue weighted by molar-refractivity contribution is 7.92. The first-order valence-corrected chi connectivity index (χ1v) is 14.2. The summed E-state index contributed by atoms with van der Waals surface area (Å²) < 4.78 is 32.1. The highest BCUT2D eigenvalue weighted by Gasteiger charge is 2.33. The fourth-order valence-corrected chi connectivity index (χ4v) is 5.07. The smallest absolute Gasteiger partial charge is 0.244 e. The number of methoxy groups -OCH3 is 1. The molecule has 0 spiro atoms. The number of anilines is 1. The van der Waals surface area contributed by atoms with Gasteiger partial charge in [-0.3, -0.25) is 13.9 Å². The molecular weight excluding hydrogens is 526 g/mol. The number of carbonyl (C=O) groups is 2. The Kier molecular flexibility index (Phi) is 9.77. The molecule has 0 radical (unpaired) electrons. The molecule has 38 heavy (non-hydrogen) atoms. The van der Waals surface area contributed by atoms with Gasteiger partial charge in [0.1, 0.15) is 18.3 Å². The van der Waals surface area contributed by atoms with Crippen LogP contribution < -0.4 is 14.4 Å². The molecule has 0 saturated heterocycles. The summed E-state index contributed by atoms with van der Waals surface area (Å²) in [7, 11) is -1.03. The summed E-state index contributed by atoms with van der Waals surface area (Å²) in [4.78, 5) is 28.5. The van der Waals surface area contributed by atoms with Crippen molar-refractivity contribution in [1.82, 2.24) is 10.2 Å². The van der Waals surface area contributed by atoms with Gasteiger partial charge in [-0.25, -0.2) is 8.42 Å². The zero-order valence-corrected chi connectivity index (χ0v) is 23.4. The topological polar surface area (TPSA) is 96.0 Å². The lowest BCUT2D eigenvalue weighted by Gasteiger charge is -2.33. The van der Waals surface area contributed by atoms with Gasteiger partial charge in [0.25, 0.3) is 0 Å². The molecule has 10 heteroatoms. The molecule has 1 unspecified atom stereocenters. The number of amides is 2. The predicted octanol–water partition coefficient (Wildman–Crippen LogP) is 3.81. The Morgan fingerprint density at radius 3 is 2.24 bits per heavy atom. The number of likely N-dealkylation sites (N-methyl/N-ethyl adjacent to an activating group) is 1. The van der Waals surface area contributed by atoms with Gasteiger partial charge in [-0.05, 0) is 36.2 Å². The van der Waals surface area contributed by atoms with E-state index in [1.54, 1.807) is 6.07 Å². The zero-order valence-electron chi connectivity index (χ0n) is 21.8. The first-order chi connectivity index (χ1) is 18.0. The van der Waals surface area contributed by atoms with Crippen molar-refractivity contribution < 1.29 is 22.7 Å². The highest BCUT2D eigenvalue weighted by atomic mass is 35.5. The molecule has 202 valence electrons. The van der Waals surface area contributed by atoms with E-state index in [0.717, 1.165) is 27.3 Å². The molecule has 0 aromatic heterocycles. The van der Waals surface area contributed by atoms with Crippen LogP contribution in [0.25, 0.3) is 0 Å². The van der Waals surface area contributed by atoms with Crippen molar-refractivity contribution in [3.63, 3.8) is 0 Å². The molecule has 0 heterocycles. The summed E-state index contributed by atoms with van der Waals surface area (Å²) in [6, 6.07) is 20.6. The Hall–Kier alpha value is -3.56. The van der Waals surface area contributed by atoms with Crippen LogP contribution in [0.15, 0.2) is 72.8 Å². The number of nitrogens with zero attached hydrogens (tertiary/aromatic N) is 2. The maximum atomic E-state index is 13.9. The van der Waals surface area contributed by atoms with Crippen LogP contribution in [0.4, 0.5) is 5.69 Å². The lowest BCUT2D eigenvalue weighted by atomic mass is 10.0. The molecular formula is C28H32ClN3O5S. The van der Waals surface area contributed by atoms with Crippen molar-refractivity contribution in [3.8, 4) is 5.75 Å². The third-order valence-electron chi connectivity index (χ3n) is 6.08. The van der Waals surface area contributed by atoms with E-state index >= 15 is 0 Å². The highest BCUT2D eigenvalue weighted by Crippen LogP contribution is 2.33. The predicted molar refractivity (Wildman–Crippen MR) is 150 cm³/mol. The summed E-state index contributed by atoms with van der Waals surface area (Å²) >= 11 is 6.16. The average molecular weight is 558 g/mol. The van der Waals surface area contributed by atoms with E-state index in [1.165, 1.54) is 31.2 Å². The van der Waals surface area contributed by atoms with Crippen molar-refractivity contribution in [3.05, 3.63) is 94.5 Å². The molecule has 3 rings (SSSR count). The first-order valence-electron chi connectivity index (χ1n) is 11.9. The zero-order chi connectivity index (χ0) is 27.9. The Bertz CT molecular complexity index is 1360. The Morgan fingerprint density at radius 2 is 1.66 bits per heavy atom. The molecule has 2 amide bonds. The fraction of sp³-hybridized carbons (Fsp3) is 0.286. The number of aryl methyl sites for hydroxylation is 1. The van der Waals surface area contributed by atoms with Crippen LogP contribution in [0.3, 0.4) is 0 Å². The molecule has 1 atom stereocenters. The largest absolute Gasteiger partial charge is 0.495 e. The van der Waals surface area contributed by atoms with Crippen molar-refractivity contribution in [2.24, 2.45) is 0 Å². The molecule has 0 aliphatic heterocycles. The number of hydrogen-bond acceptors (Lipinski definition) is 5. The standard InChI is InChI=1S/C28H32ClN3O5S/c1-20-10-12-22(13-11-20)18-31(25(28(34)30-2)16-21-8-6-5-7-9-21)27(33)19-32(38(4,35)36)24-17-23(29)14-15-26(24)37-3/h5-15,17,25H,16,18-19H2,1-4H3,(H,30,34). The van der Waals surface area contributed by atoms with Gasteiger partial charge in [0.05, 0.1) is 19.1 Å². The number of halogens is 1. The van der Waals surface area contributed by atoms with Gasteiger partial charge >= 0.3 is 0 Å². The fourth-order valence-electron chi connectivity index (χ4n) is 4.06. The summed E-state index contributed by atoms with van der Waals surface area (Å²) in [6.07, 6.45) is 1.25. The number of nitrogens with one attached hydrogen (secondary N) is 1. The third kappa shape index (κ3) is 7.49. The molecule has 3 aromatic rings. The summed E-state index contributed by atoms with van der Waals surface area (Å²) in [5.41, 5.74) is 2.84. The summed E-state index contributed by atoms with van der Waals surface area (Å²) in [5.74, 6) is -0.673. The molecule has 0 fully saturated rings. The Labute approximate surface area is 229 Å². The third-order valence-corrected chi connectivity index (χ3v) is 7.44. The van der Waals surface area contributed by atoms with Crippen LogP contribution in [-0.2, 0) is 32.6 Å².